The minimum atomic E-state index is -0.957. The van der Waals surface area contributed by atoms with Crippen molar-refractivity contribution in [3.05, 3.63) is 0 Å². The highest BCUT2D eigenvalue weighted by Gasteiger charge is 2.12. The molecule has 0 fully saturated rings. The Morgan fingerprint density at radius 3 is 0.750 bits per heavy atom. The number of rotatable bonds is 42. The van der Waals surface area contributed by atoms with Gasteiger partial charge in [0.2, 0.25) is 0 Å². The molecule has 0 heterocycles. The fourth-order valence-electron chi connectivity index (χ4n) is 7.16. The van der Waals surface area contributed by atoms with Gasteiger partial charge in [0.05, 0.1) is 0 Å². The molecule has 5 nitrogen and oxygen atoms in total. The van der Waals surface area contributed by atoms with Gasteiger partial charge in [-0.05, 0) is 24.7 Å². The van der Waals surface area contributed by atoms with Crippen LogP contribution in [0.3, 0.4) is 0 Å². The Morgan fingerprint density at radius 1 is 0.346 bits per heavy atom. The zero-order valence-electron chi connectivity index (χ0n) is 35.7. The number of aliphatic hydroxyl groups excluding tert-OH is 1. The number of ether oxygens (including phenoxy) is 2. The molecule has 0 amide bonds. The lowest BCUT2D eigenvalue weighted by molar-refractivity contribution is -0.152. The van der Waals surface area contributed by atoms with E-state index in [0.29, 0.717) is 12.8 Å². The van der Waals surface area contributed by atoms with Crippen molar-refractivity contribution in [2.75, 3.05) is 13.2 Å². The van der Waals surface area contributed by atoms with Gasteiger partial charge in [0.25, 0.3) is 0 Å². The monoisotopic (exact) mass is 737 g/mol. The van der Waals surface area contributed by atoms with Crippen molar-refractivity contribution in [1.29, 1.82) is 0 Å². The summed E-state index contributed by atoms with van der Waals surface area (Å²) in [5.41, 5.74) is 0. The van der Waals surface area contributed by atoms with Crippen LogP contribution in [-0.2, 0) is 19.1 Å². The van der Waals surface area contributed by atoms with Crippen LogP contribution in [0.1, 0.15) is 259 Å². The zero-order chi connectivity index (χ0) is 38.2. The molecule has 0 aromatic heterocycles. The second-order valence-electron chi connectivity index (χ2n) is 17.2. The second-order valence-corrected chi connectivity index (χ2v) is 17.2. The first-order chi connectivity index (χ1) is 25.3. The number of esters is 2. The molecule has 310 valence electrons. The Hall–Kier alpha value is -1.10. The van der Waals surface area contributed by atoms with Gasteiger partial charge >= 0.3 is 11.9 Å². The van der Waals surface area contributed by atoms with E-state index in [0.717, 1.165) is 37.5 Å². The summed E-state index contributed by atoms with van der Waals surface area (Å²) in [6.45, 7) is 9.08. The summed E-state index contributed by atoms with van der Waals surface area (Å²) >= 11 is 0. The molecule has 0 bridgehead atoms. The summed E-state index contributed by atoms with van der Waals surface area (Å²) in [5.74, 6) is 1.17. The van der Waals surface area contributed by atoms with Crippen LogP contribution in [0, 0.1) is 11.8 Å². The van der Waals surface area contributed by atoms with E-state index in [9.17, 15) is 14.7 Å². The molecule has 5 heteroatoms. The Balaban J connectivity index is 3.35. The molecule has 0 unspecified atom stereocenters. The number of hydrogen-bond acceptors (Lipinski definition) is 5. The van der Waals surface area contributed by atoms with E-state index in [1.807, 2.05) is 0 Å². The Bertz CT molecular complexity index is 675. The maximum Gasteiger partial charge on any atom is 0.305 e. The smallest absolute Gasteiger partial charge is 0.305 e. The molecule has 0 aliphatic carbocycles. The van der Waals surface area contributed by atoms with Gasteiger partial charge in [-0.1, -0.05) is 233 Å². The number of hydrogen-bond donors (Lipinski definition) is 1. The maximum absolute atomic E-state index is 12.0. The normalized spacial score (nSPS) is 11.7. The van der Waals surface area contributed by atoms with Gasteiger partial charge in [-0.15, -0.1) is 0 Å². The fraction of sp³-hybridized carbons (Fsp3) is 0.957. The quantitative estimate of drug-likeness (QED) is 0.0499. The predicted molar refractivity (Wildman–Crippen MR) is 224 cm³/mol. The molecule has 0 atom stereocenters. The van der Waals surface area contributed by atoms with Crippen molar-refractivity contribution in [3.63, 3.8) is 0 Å². The third-order valence-corrected chi connectivity index (χ3v) is 10.7. The Kier molecular flexibility index (Phi) is 40.2. The molecular weight excluding hydrogens is 645 g/mol. The zero-order valence-corrected chi connectivity index (χ0v) is 35.7. The van der Waals surface area contributed by atoms with E-state index < -0.39 is 6.10 Å². The maximum atomic E-state index is 12.0. The first kappa shape index (κ1) is 50.9. The summed E-state index contributed by atoms with van der Waals surface area (Å²) in [4.78, 5) is 24.0. The van der Waals surface area contributed by atoms with Crippen molar-refractivity contribution in [1.82, 2.24) is 0 Å². The van der Waals surface area contributed by atoms with Crippen LogP contribution in [-0.4, -0.2) is 36.4 Å². The molecule has 0 radical (unpaired) electrons. The Morgan fingerprint density at radius 2 is 0.538 bits per heavy atom. The van der Waals surface area contributed by atoms with Gasteiger partial charge < -0.3 is 14.6 Å². The highest BCUT2D eigenvalue weighted by molar-refractivity contribution is 5.69. The highest BCUT2D eigenvalue weighted by atomic mass is 16.6. The predicted octanol–water partition coefficient (Wildman–Crippen LogP) is 14.8. The minimum absolute atomic E-state index is 0.108. The van der Waals surface area contributed by atoms with Crippen molar-refractivity contribution in [2.45, 2.75) is 265 Å². The molecule has 0 spiro atoms. The third-order valence-electron chi connectivity index (χ3n) is 10.7. The summed E-state index contributed by atoms with van der Waals surface area (Å²) in [6.07, 6.45) is 44.6. The van der Waals surface area contributed by atoms with Crippen molar-refractivity contribution < 1.29 is 24.2 Å². The lowest BCUT2D eigenvalue weighted by Gasteiger charge is -2.12. The van der Waals surface area contributed by atoms with Crippen LogP contribution < -0.4 is 0 Å². The first-order valence-electron chi connectivity index (χ1n) is 23.3. The standard InChI is InChI=1S/C47H92O5/c1-43(2)37-33-29-25-21-17-13-9-5-7-11-15-19-23-27-31-35-39-46(49)51-41-45(48)42-52-47(50)40-36-32-28-24-20-16-12-8-6-10-14-18-22-26-30-34-38-44(3)4/h43-45,48H,5-42H2,1-4H3. The second kappa shape index (κ2) is 41.1. The largest absolute Gasteiger partial charge is 0.463 e. The van der Waals surface area contributed by atoms with E-state index in [1.165, 1.54) is 193 Å². The summed E-state index contributed by atoms with van der Waals surface area (Å²) in [5, 5.41) is 10.1. The van der Waals surface area contributed by atoms with E-state index >= 15 is 0 Å². The summed E-state index contributed by atoms with van der Waals surface area (Å²) in [6, 6.07) is 0. The number of unbranched alkanes of at least 4 members (excludes halogenated alkanes) is 30. The third kappa shape index (κ3) is 43.3. The van der Waals surface area contributed by atoms with E-state index in [4.69, 9.17) is 9.47 Å². The van der Waals surface area contributed by atoms with Crippen LogP contribution in [0.25, 0.3) is 0 Å². The van der Waals surface area contributed by atoms with E-state index in [1.54, 1.807) is 0 Å². The van der Waals surface area contributed by atoms with E-state index in [2.05, 4.69) is 27.7 Å². The average molecular weight is 737 g/mol. The van der Waals surface area contributed by atoms with Gasteiger partial charge in [-0.3, -0.25) is 9.59 Å². The minimum Gasteiger partial charge on any atom is -0.463 e. The molecule has 0 aliphatic heterocycles. The van der Waals surface area contributed by atoms with Gasteiger partial charge in [-0.25, -0.2) is 0 Å². The topological polar surface area (TPSA) is 72.8 Å². The molecule has 0 rings (SSSR count). The molecule has 0 saturated carbocycles. The van der Waals surface area contributed by atoms with Gasteiger partial charge in [0.1, 0.15) is 19.3 Å². The molecule has 1 N–H and O–H groups in total. The lowest BCUT2D eigenvalue weighted by Crippen LogP contribution is -2.25. The van der Waals surface area contributed by atoms with Crippen LogP contribution in [0.15, 0.2) is 0 Å². The lowest BCUT2D eigenvalue weighted by atomic mass is 10.0. The van der Waals surface area contributed by atoms with Gasteiger partial charge in [0, 0.05) is 12.8 Å². The molecule has 0 aliphatic rings. The summed E-state index contributed by atoms with van der Waals surface area (Å²) in [7, 11) is 0. The van der Waals surface area contributed by atoms with Crippen LogP contribution in [0.5, 0.6) is 0 Å². The SMILES string of the molecule is CC(C)CCCCCCCCCCCCCCCCCCC(=O)OCC(O)COC(=O)CCCCCCCCCCCCCCCCCCC(C)C. The van der Waals surface area contributed by atoms with Crippen LogP contribution >= 0.6 is 0 Å². The molecule has 0 aromatic rings. The molecule has 0 saturated heterocycles. The average Bonchev–Trinajstić information content (AvgIpc) is 3.11. The van der Waals surface area contributed by atoms with Crippen LogP contribution in [0.4, 0.5) is 0 Å². The number of carbonyl (C=O) groups excluding carboxylic acids is 2. The van der Waals surface area contributed by atoms with Crippen molar-refractivity contribution in [2.24, 2.45) is 11.8 Å². The molecule has 52 heavy (non-hydrogen) atoms. The molecular formula is C47H92O5. The van der Waals surface area contributed by atoms with Crippen molar-refractivity contribution >= 4 is 11.9 Å². The van der Waals surface area contributed by atoms with Crippen molar-refractivity contribution in [3.8, 4) is 0 Å². The fourth-order valence-corrected chi connectivity index (χ4v) is 7.16. The Labute approximate surface area is 325 Å². The van der Waals surface area contributed by atoms with E-state index in [-0.39, 0.29) is 25.2 Å². The number of aliphatic hydroxyl groups is 1. The first-order valence-corrected chi connectivity index (χ1v) is 23.3. The highest BCUT2D eigenvalue weighted by Crippen LogP contribution is 2.17. The van der Waals surface area contributed by atoms with Gasteiger partial charge in [-0.2, -0.15) is 0 Å². The van der Waals surface area contributed by atoms with Gasteiger partial charge in [0.15, 0.2) is 0 Å². The molecule has 0 aromatic carbocycles. The number of carbonyl (C=O) groups is 2. The summed E-state index contributed by atoms with van der Waals surface area (Å²) < 4.78 is 10.4. The van der Waals surface area contributed by atoms with Crippen LogP contribution in [0.2, 0.25) is 0 Å².